The Kier molecular flexibility index (Phi) is 3.38. The Labute approximate surface area is 114 Å². The molecule has 100 valence electrons. The molecule has 3 nitrogen and oxygen atoms in total. The van der Waals surface area contributed by atoms with Gasteiger partial charge in [0.15, 0.2) is 0 Å². The van der Waals surface area contributed by atoms with Crippen molar-refractivity contribution >= 4 is 0 Å². The van der Waals surface area contributed by atoms with Crippen LogP contribution < -0.4 is 5.32 Å². The summed E-state index contributed by atoms with van der Waals surface area (Å²) in [6, 6.07) is 9.04. The third-order valence-corrected chi connectivity index (χ3v) is 4.19. The topological polar surface area (TPSA) is 29.9 Å². The van der Waals surface area contributed by atoms with Gasteiger partial charge in [-0.25, -0.2) is 0 Å². The second-order valence-corrected chi connectivity index (χ2v) is 5.36. The normalized spacial score (nSPS) is 18.3. The number of benzene rings is 1. The second kappa shape index (κ2) is 5.17. The van der Waals surface area contributed by atoms with Crippen molar-refractivity contribution in [3.63, 3.8) is 0 Å². The standard InChI is InChI=1S/C16H21N3/c1-12-6-3-4-7-13(12)11-19-16-9-5-8-15(17-2)14(16)10-18-19/h3-4,6-7,10,15,17H,5,8-9,11H2,1-2H3. The third kappa shape index (κ3) is 2.30. The molecule has 1 atom stereocenters. The summed E-state index contributed by atoms with van der Waals surface area (Å²) in [5.74, 6) is 0. The van der Waals surface area contributed by atoms with Gasteiger partial charge < -0.3 is 5.32 Å². The Balaban J connectivity index is 1.91. The molecule has 1 aliphatic carbocycles. The van der Waals surface area contributed by atoms with Crippen molar-refractivity contribution in [3.05, 3.63) is 52.8 Å². The number of hydrogen-bond donors (Lipinski definition) is 1. The van der Waals surface area contributed by atoms with E-state index < -0.39 is 0 Å². The average Bonchev–Trinajstić information content (AvgIpc) is 2.84. The summed E-state index contributed by atoms with van der Waals surface area (Å²) in [5, 5.41) is 8.00. The maximum atomic E-state index is 4.61. The zero-order valence-electron chi connectivity index (χ0n) is 11.7. The van der Waals surface area contributed by atoms with Crippen molar-refractivity contribution in [1.82, 2.24) is 15.1 Å². The van der Waals surface area contributed by atoms with Crippen molar-refractivity contribution in [2.45, 2.75) is 38.8 Å². The minimum absolute atomic E-state index is 0.481. The summed E-state index contributed by atoms with van der Waals surface area (Å²) in [4.78, 5) is 0. The average molecular weight is 255 g/mol. The number of fused-ring (bicyclic) bond motifs is 1. The lowest BCUT2D eigenvalue weighted by Crippen LogP contribution is -2.22. The minimum atomic E-state index is 0.481. The van der Waals surface area contributed by atoms with Crippen LogP contribution in [-0.4, -0.2) is 16.8 Å². The van der Waals surface area contributed by atoms with Crippen LogP contribution in [0.1, 0.15) is 41.3 Å². The van der Waals surface area contributed by atoms with Crippen LogP contribution in [0.15, 0.2) is 30.5 Å². The molecular weight excluding hydrogens is 234 g/mol. The van der Waals surface area contributed by atoms with E-state index in [0.717, 1.165) is 13.0 Å². The van der Waals surface area contributed by atoms with Crippen LogP contribution in [0.5, 0.6) is 0 Å². The number of nitrogens with zero attached hydrogens (tertiary/aromatic N) is 2. The molecule has 1 N–H and O–H groups in total. The molecular formula is C16H21N3. The molecule has 1 aromatic carbocycles. The number of hydrogen-bond acceptors (Lipinski definition) is 2. The van der Waals surface area contributed by atoms with Gasteiger partial charge in [0, 0.05) is 17.3 Å². The first-order chi connectivity index (χ1) is 9.29. The van der Waals surface area contributed by atoms with Crippen LogP contribution in [-0.2, 0) is 13.0 Å². The molecule has 3 heteroatoms. The van der Waals surface area contributed by atoms with Crippen LogP contribution in [0.2, 0.25) is 0 Å². The van der Waals surface area contributed by atoms with Gasteiger partial charge >= 0.3 is 0 Å². The van der Waals surface area contributed by atoms with Crippen LogP contribution in [0.25, 0.3) is 0 Å². The summed E-state index contributed by atoms with van der Waals surface area (Å²) in [6.45, 7) is 3.06. The van der Waals surface area contributed by atoms with Gasteiger partial charge in [0.1, 0.15) is 0 Å². The number of aromatic nitrogens is 2. The fourth-order valence-corrected chi connectivity index (χ4v) is 3.00. The first-order valence-electron chi connectivity index (χ1n) is 7.06. The van der Waals surface area contributed by atoms with Gasteiger partial charge in [-0.05, 0) is 44.4 Å². The lowest BCUT2D eigenvalue weighted by Gasteiger charge is -2.22. The monoisotopic (exact) mass is 255 g/mol. The van der Waals surface area contributed by atoms with Gasteiger partial charge in [-0.15, -0.1) is 0 Å². The third-order valence-electron chi connectivity index (χ3n) is 4.19. The number of nitrogens with one attached hydrogen (secondary N) is 1. The minimum Gasteiger partial charge on any atom is -0.313 e. The first-order valence-corrected chi connectivity index (χ1v) is 7.06. The van der Waals surface area contributed by atoms with Gasteiger partial charge in [-0.2, -0.15) is 5.10 Å². The Morgan fingerprint density at radius 2 is 2.21 bits per heavy atom. The number of aryl methyl sites for hydroxylation is 1. The molecule has 3 rings (SSSR count). The fraction of sp³-hybridized carbons (Fsp3) is 0.438. The molecule has 0 saturated heterocycles. The highest BCUT2D eigenvalue weighted by atomic mass is 15.3. The molecule has 0 bridgehead atoms. The zero-order chi connectivity index (χ0) is 13.2. The lowest BCUT2D eigenvalue weighted by atomic mass is 9.93. The van der Waals surface area contributed by atoms with E-state index in [4.69, 9.17) is 0 Å². The predicted molar refractivity (Wildman–Crippen MR) is 77.2 cm³/mol. The maximum absolute atomic E-state index is 4.61. The van der Waals surface area contributed by atoms with E-state index in [9.17, 15) is 0 Å². The molecule has 2 aromatic rings. The van der Waals surface area contributed by atoms with E-state index in [1.54, 1.807) is 0 Å². The molecule has 0 saturated carbocycles. The Morgan fingerprint density at radius 1 is 1.37 bits per heavy atom. The molecule has 0 spiro atoms. The van der Waals surface area contributed by atoms with Crippen molar-refractivity contribution < 1.29 is 0 Å². The summed E-state index contributed by atoms with van der Waals surface area (Å²) >= 11 is 0. The van der Waals surface area contributed by atoms with Crippen molar-refractivity contribution in [3.8, 4) is 0 Å². The van der Waals surface area contributed by atoms with Crippen LogP contribution in [0.4, 0.5) is 0 Å². The summed E-state index contributed by atoms with van der Waals surface area (Å²) in [6.07, 6.45) is 5.67. The molecule has 0 radical (unpaired) electrons. The first kappa shape index (κ1) is 12.4. The fourth-order valence-electron chi connectivity index (χ4n) is 3.00. The van der Waals surface area contributed by atoms with Gasteiger partial charge in [0.2, 0.25) is 0 Å². The Hall–Kier alpha value is -1.61. The van der Waals surface area contributed by atoms with E-state index >= 15 is 0 Å². The zero-order valence-corrected chi connectivity index (χ0v) is 11.7. The van der Waals surface area contributed by atoms with E-state index in [-0.39, 0.29) is 0 Å². The maximum Gasteiger partial charge on any atom is 0.0665 e. The highest BCUT2D eigenvalue weighted by Crippen LogP contribution is 2.29. The molecule has 1 aliphatic rings. The van der Waals surface area contributed by atoms with Gasteiger partial charge in [0.05, 0.1) is 12.7 Å². The van der Waals surface area contributed by atoms with Crippen molar-refractivity contribution in [2.24, 2.45) is 0 Å². The smallest absolute Gasteiger partial charge is 0.0665 e. The van der Waals surface area contributed by atoms with E-state index in [1.165, 1.54) is 35.2 Å². The van der Waals surface area contributed by atoms with Gasteiger partial charge in [0.25, 0.3) is 0 Å². The van der Waals surface area contributed by atoms with Gasteiger partial charge in [-0.1, -0.05) is 24.3 Å². The second-order valence-electron chi connectivity index (χ2n) is 5.36. The van der Waals surface area contributed by atoms with Crippen LogP contribution in [0, 0.1) is 6.92 Å². The summed E-state index contributed by atoms with van der Waals surface area (Å²) in [7, 11) is 2.04. The summed E-state index contributed by atoms with van der Waals surface area (Å²) < 4.78 is 2.18. The van der Waals surface area contributed by atoms with E-state index in [2.05, 4.69) is 46.3 Å². The molecule has 19 heavy (non-hydrogen) atoms. The molecule has 0 amide bonds. The molecule has 0 fully saturated rings. The number of rotatable bonds is 3. The predicted octanol–water partition coefficient (Wildman–Crippen LogP) is 2.84. The van der Waals surface area contributed by atoms with E-state index in [0.29, 0.717) is 6.04 Å². The highest BCUT2D eigenvalue weighted by molar-refractivity contribution is 5.29. The molecule has 1 heterocycles. The summed E-state index contributed by atoms with van der Waals surface area (Å²) in [5.41, 5.74) is 5.50. The lowest BCUT2D eigenvalue weighted by molar-refractivity contribution is 0.481. The Bertz CT molecular complexity index is 571. The van der Waals surface area contributed by atoms with Crippen molar-refractivity contribution in [1.29, 1.82) is 0 Å². The van der Waals surface area contributed by atoms with Crippen molar-refractivity contribution in [2.75, 3.05) is 7.05 Å². The van der Waals surface area contributed by atoms with Crippen LogP contribution in [0.3, 0.4) is 0 Å². The van der Waals surface area contributed by atoms with E-state index in [1.807, 2.05) is 13.2 Å². The highest BCUT2D eigenvalue weighted by Gasteiger charge is 2.22. The van der Waals surface area contributed by atoms with Gasteiger partial charge in [-0.3, -0.25) is 4.68 Å². The Morgan fingerprint density at radius 3 is 3.00 bits per heavy atom. The molecule has 1 aromatic heterocycles. The molecule has 0 aliphatic heterocycles. The SMILES string of the molecule is CNC1CCCc2c1cnn2Cc1ccccc1C. The molecule has 1 unspecified atom stereocenters. The largest absolute Gasteiger partial charge is 0.313 e. The van der Waals surface area contributed by atoms with Crippen LogP contribution >= 0.6 is 0 Å². The quantitative estimate of drug-likeness (QED) is 0.914.